The summed E-state index contributed by atoms with van der Waals surface area (Å²) >= 11 is 0. The van der Waals surface area contributed by atoms with E-state index in [1.165, 1.54) is 0 Å². The van der Waals surface area contributed by atoms with Crippen molar-refractivity contribution in [1.29, 1.82) is 0 Å². The van der Waals surface area contributed by atoms with Crippen molar-refractivity contribution in [3.05, 3.63) is 59.7 Å². The number of carbonyl (C=O) groups is 2. The predicted octanol–water partition coefficient (Wildman–Crippen LogP) is 4.69. The molecular weight excluding hydrogens is 444 g/mol. The van der Waals surface area contributed by atoms with Crippen LogP contribution in [0.5, 0.6) is 11.5 Å². The van der Waals surface area contributed by atoms with Crippen LogP contribution in [0.3, 0.4) is 0 Å². The van der Waals surface area contributed by atoms with Crippen LogP contribution in [0.25, 0.3) is 0 Å². The highest BCUT2D eigenvalue weighted by molar-refractivity contribution is 5.83. The van der Waals surface area contributed by atoms with Gasteiger partial charge in [-0.2, -0.15) is 0 Å². The normalized spacial score (nSPS) is 12.5. The lowest BCUT2D eigenvalue weighted by molar-refractivity contribution is -0.142. The first-order valence-electron chi connectivity index (χ1n) is 12.5. The number of carbonyl (C=O) groups excluding carboxylic acids is 1. The fraction of sp³-hybridized carbons (Fsp3) is 0.500. The van der Waals surface area contributed by atoms with Crippen LogP contribution in [0, 0.1) is 5.92 Å². The molecule has 192 valence electrons. The summed E-state index contributed by atoms with van der Waals surface area (Å²) in [7, 11) is 0. The third kappa shape index (κ3) is 8.58. The van der Waals surface area contributed by atoms with E-state index < -0.39 is 17.4 Å². The number of rotatable bonds is 15. The fourth-order valence-electron chi connectivity index (χ4n) is 4.53. The molecule has 0 saturated carbocycles. The van der Waals surface area contributed by atoms with Gasteiger partial charge in [-0.25, -0.2) is 4.79 Å². The first kappa shape index (κ1) is 28.2. The summed E-state index contributed by atoms with van der Waals surface area (Å²) < 4.78 is 0. The number of nitrogens with one attached hydrogen (secondary N) is 1. The number of aliphatic carboxylic acids is 1. The van der Waals surface area contributed by atoms with Crippen LogP contribution in [0.15, 0.2) is 48.5 Å². The van der Waals surface area contributed by atoms with Crippen LogP contribution in [0.1, 0.15) is 76.3 Å². The largest absolute Gasteiger partial charge is 0.508 e. The SMILES string of the molecule is CC(C)CCC(CCCC(=O)N[C@@H](CCCCN)C(=O)O)(c1ccc(O)cc1)c1ccc(O)cc1. The van der Waals surface area contributed by atoms with Gasteiger partial charge in [0.25, 0.3) is 0 Å². The Morgan fingerprint density at radius 1 is 0.857 bits per heavy atom. The van der Waals surface area contributed by atoms with Crippen LogP contribution in [0.2, 0.25) is 0 Å². The van der Waals surface area contributed by atoms with Crippen molar-refractivity contribution < 1.29 is 24.9 Å². The molecule has 0 aromatic heterocycles. The zero-order chi connectivity index (χ0) is 25.8. The molecule has 2 rings (SSSR count). The number of phenols is 2. The molecule has 35 heavy (non-hydrogen) atoms. The van der Waals surface area contributed by atoms with Gasteiger partial charge in [-0.3, -0.25) is 4.79 Å². The highest BCUT2D eigenvalue weighted by atomic mass is 16.4. The van der Waals surface area contributed by atoms with Gasteiger partial charge in [0.2, 0.25) is 5.91 Å². The maximum Gasteiger partial charge on any atom is 0.326 e. The maximum atomic E-state index is 12.6. The van der Waals surface area contributed by atoms with Crippen LogP contribution >= 0.6 is 0 Å². The summed E-state index contributed by atoms with van der Waals surface area (Å²) in [6.45, 7) is 4.83. The minimum Gasteiger partial charge on any atom is -0.508 e. The number of benzene rings is 2. The molecule has 2 aromatic carbocycles. The Morgan fingerprint density at radius 3 is 1.86 bits per heavy atom. The summed E-state index contributed by atoms with van der Waals surface area (Å²) in [4.78, 5) is 24.2. The van der Waals surface area contributed by atoms with E-state index in [0.717, 1.165) is 30.4 Å². The van der Waals surface area contributed by atoms with Crippen molar-refractivity contribution in [2.45, 2.75) is 76.7 Å². The number of aromatic hydroxyl groups is 2. The highest BCUT2D eigenvalue weighted by Crippen LogP contribution is 2.43. The lowest BCUT2D eigenvalue weighted by Gasteiger charge is -2.36. The van der Waals surface area contributed by atoms with Gasteiger partial charge in [-0.05, 0) is 92.8 Å². The van der Waals surface area contributed by atoms with E-state index in [-0.39, 0.29) is 23.8 Å². The minimum absolute atomic E-state index is 0.186. The predicted molar refractivity (Wildman–Crippen MR) is 137 cm³/mol. The van der Waals surface area contributed by atoms with E-state index in [0.29, 0.717) is 38.1 Å². The van der Waals surface area contributed by atoms with E-state index >= 15 is 0 Å². The molecule has 0 radical (unpaired) electrons. The molecule has 2 aromatic rings. The van der Waals surface area contributed by atoms with Crippen LogP contribution in [-0.4, -0.2) is 39.8 Å². The molecule has 6 N–H and O–H groups in total. The molecule has 1 amide bonds. The van der Waals surface area contributed by atoms with Crippen LogP contribution in [-0.2, 0) is 15.0 Å². The number of amides is 1. The number of unbranched alkanes of at least 4 members (excludes halogenated alkanes) is 1. The van der Waals surface area contributed by atoms with E-state index in [1.54, 1.807) is 24.3 Å². The molecule has 0 spiro atoms. The Balaban J connectivity index is 2.24. The van der Waals surface area contributed by atoms with Gasteiger partial charge in [-0.1, -0.05) is 38.1 Å². The van der Waals surface area contributed by atoms with Crippen molar-refractivity contribution in [2.75, 3.05) is 6.54 Å². The molecule has 0 bridgehead atoms. The third-order valence-corrected chi connectivity index (χ3v) is 6.58. The second-order valence-corrected chi connectivity index (χ2v) is 9.70. The van der Waals surface area contributed by atoms with Gasteiger partial charge in [0, 0.05) is 11.8 Å². The smallest absolute Gasteiger partial charge is 0.326 e. The molecule has 7 nitrogen and oxygen atoms in total. The van der Waals surface area contributed by atoms with Crippen molar-refractivity contribution in [3.8, 4) is 11.5 Å². The first-order valence-corrected chi connectivity index (χ1v) is 12.5. The summed E-state index contributed by atoms with van der Waals surface area (Å²) in [5.74, 6) is -0.470. The number of carboxylic acids is 1. The van der Waals surface area contributed by atoms with Crippen molar-refractivity contribution in [3.63, 3.8) is 0 Å². The number of nitrogens with two attached hydrogens (primary N) is 1. The maximum absolute atomic E-state index is 12.6. The first-order chi connectivity index (χ1) is 16.7. The Bertz CT molecular complexity index is 880. The topological polar surface area (TPSA) is 133 Å². The lowest BCUT2D eigenvalue weighted by atomic mass is 9.67. The van der Waals surface area contributed by atoms with Gasteiger partial charge >= 0.3 is 5.97 Å². The Hall–Kier alpha value is -3.06. The molecule has 1 atom stereocenters. The molecule has 0 aliphatic carbocycles. The quantitative estimate of drug-likeness (QED) is 0.233. The monoisotopic (exact) mass is 484 g/mol. The molecule has 7 heteroatoms. The van der Waals surface area contributed by atoms with Gasteiger partial charge in [0.05, 0.1) is 0 Å². The molecule has 0 heterocycles. The average Bonchev–Trinajstić information content (AvgIpc) is 2.82. The lowest BCUT2D eigenvalue weighted by Crippen LogP contribution is -2.40. The fourth-order valence-corrected chi connectivity index (χ4v) is 4.53. The average molecular weight is 485 g/mol. The molecule has 0 aliphatic heterocycles. The van der Waals surface area contributed by atoms with Crippen molar-refractivity contribution in [2.24, 2.45) is 11.7 Å². The van der Waals surface area contributed by atoms with Gasteiger partial charge in [0.1, 0.15) is 17.5 Å². The van der Waals surface area contributed by atoms with E-state index in [2.05, 4.69) is 19.2 Å². The van der Waals surface area contributed by atoms with Crippen molar-refractivity contribution >= 4 is 11.9 Å². The Morgan fingerprint density at radius 2 is 1.40 bits per heavy atom. The molecule has 0 saturated heterocycles. The van der Waals surface area contributed by atoms with Gasteiger partial charge in [0.15, 0.2) is 0 Å². The highest BCUT2D eigenvalue weighted by Gasteiger charge is 2.34. The summed E-state index contributed by atoms with van der Waals surface area (Å²) in [6, 6.07) is 13.4. The molecule has 0 aliphatic rings. The van der Waals surface area contributed by atoms with Crippen LogP contribution < -0.4 is 11.1 Å². The summed E-state index contributed by atoms with van der Waals surface area (Å²) in [5, 5.41) is 31.8. The number of hydrogen-bond donors (Lipinski definition) is 5. The Kier molecular flexibility index (Phi) is 11.1. The number of phenolic OH excluding ortho intramolecular Hbond substituents is 2. The second kappa shape index (κ2) is 13.7. The number of hydrogen-bond acceptors (Lipinski definition) is 5. The molecule has 0 fully saturated rings. The zero-order valence-electron chi connectivity index (χ0n) is 20.9. The van der Waals surface area contributed by atoms with E-state index in [9.17, 15) is 24.9 Å². The Labute approximate surface area is 208 Å². The second-order valence-electron chi connectivity index (χ2n) is 9.70. The van der Waals surface area contributed by atoms with Crippen LogP contribution in [0.4, 0.5) is 0 Å². The molecular formula is C28H40N2O5. The number of carboxylic acid groups (broad SMARTS) is 1. The van der Waals surface area contributed by atoms with E-state index in [1.807, 2.05) is 24.3 Å². The molecule has 0 unspecified atom stereocenters. The summed E-state index contributed by atoms with van der Waals surface area (Å²) in [5.41, 5.74) is 7.14. The summed E-state index contributed by atoms with van der Waals surface area (Å²) in [6.07, 6.45) is 4.94. The van der Waals surface area contributed by atoms with E-state index in [4.69, 9.17) is 5.73 Å². The van der Waals surface area contributed by atoms with Gasteiger partial charge in [-0.15, -0.1) is 0 Å². The zero-order valence-corrected chi connectivity index (χ0v) is 20.9. The van der Waals surface area contributed by atoms with Crippen molar-refractivity contribution in [1.82, 2.24) is 5.32 Å². The van der Waals surface area contributed by atoms with Gasteiger partial charge < -0.3 is 26.4 Å². The third-order valence-electron chi connectivity index (χ3n) is 6.58. The minimum atomic E-state index is -1.03. The standard InChI is InChI=1S/C28H40N2O5/c1-20(2)16-18-28(21-8-12-23(31)13-9-21,22-10-14-24(32)15-11-22)17-5-7-26(33)30-25(27(34)35)6-3-4-19-29/h8-15,20,25,31-32H,3-7,16-19,29H2,1-2H3,(H,30,33)(H,34,35)/t25-/m0/s1.